The van der Waals surface area contributed by atoms with Crippen LogP contribution < -0.4 is 5.32 Å². The summed E-state index contributed by atoms with van der Waals surface area (Å²) in [6, 6.07) is 9.10. The quantitative estimate of drug-likeness (QED) is 0.782. The van der Waals surface area contributed by atoms with Gasteiger partial charge in [-0.1, -0.05) is 30.3 Å². The minimum Gasteiger partial charge on any atom is -0.463 e. The molecule has 0 aliphatic carbocycles. The zero-order valence-electron chi connectivity index (χ0n) is 9.40. The average Bonchev–Trinajstić information content (AvgIpc) is 2.25. The van der Waals surface area contributed by atoms with Crippen molar-refractivity contribution >= 4 is 11.9 Å². The van der Waals surface area contributed by atoms with Gasteiger partial charge in [0.1, 0.15) is 6.61 Å². The van der Waals surface area contributed by atoms with Crippen LogP contribution in [0.3, 0.4) is 0 Å². The molecule has 0 unspecified atom stereocenters. The van der Waals surface area contributed by atoms with Crippen LogP contribution in [0.2, 0.25) is 0 Å². The summed E-state index contributed by atoms with van der Waals surface area (Å²) in [4.78, 5) is 21.8. The predicted octanol–water partition coefficient (Wildman–Crippen LogP) is 1.43. The lowest BCUT2D eigenvalue weighted by Gasteiger charge is -2.17. The van der Waals surface area contributed by atoms with Crippen LogP contribution in [0.15, 0.2) is 30.3 Å². The molecule has 1 rings (SSSR count). The van der Waals surface area contributed by atoms with E-state index in [0.29, 0.717) is 0 Å². The molecule has 0 saturated heterocycles. The lowest BCUT2D eigenvalue weighted by atomic mass is 10.1. The van der Waals surface area contributed by atoms with E-state index in [9.17, 15) is 9.59 Å². The molecule has 0 aliphatic rings. The first-order valence-corrected chi connectivity index (χ1v) is 5.05. The highest BCUT2D eigenvalue weighted by molar-refractivity contribution is 5.73. The number of esters is 1. The minimum absolute atomic E-state index is 0.152. The molecule has 0 spiro atoms. The molecular weight excluding hydrogens is 206 g/mol. The summed E-state index contributed by atoms with van der Waals surface area (Å²) in [5, 5.41) is 2.74. The van der Waals surface area contributed by atoms with Crippen LogP contribution >= 0.6 is 0 Å². The number of hydrogen-bond acceptors (Lipinski definition) is 3. The molecule has 1 aromatic rings. The number of nitrogens with one attached hydrogen (secondary N) is 1. The van der Waals surface area contributed by atoms with Crippen molar-refractivity contribution in [3.63, 3.8) is 0 Å². The van der Waals surface area contributed by atoms with Crippen molar-refractivity contribution in [3.05, 3.63) is 35.9 Å². The number of carbonyl (C=O) groups excluding carboxylic acids is 2. The zero-order valence-corrected chi connectivity index (χ0v) is 9.40. The molecule has 4 nitrogen and oxygen atoms in total. The van der Waals surface area contributed by atoms with Gasteiger partial charge in [0.05, 0.1) is 6.04 Å². The van der Waals surface area contributed by atoms with E-state index in [1.165, 1.54) is 13.8 Å². The number of ether oxygens (including phenoxy) is 1. The molecule has 0 heterocycles. The lowest BCUT2D eigenvalue weighted by Crippen LogP contribution is -2.30. The summed E-state index contributed by atoms with van der Waals surface area (Å²) >= 11 is 0. The molecule has 1 amide bonds. The maximum Gasteiger partial charge on any atom is 0.302 e. The van der Waals surface area contributed by atoms with E-state index in [1.807, 2.05) is 30.3 Å². The molecule has 86 valence electrons. The topological polar surface area (TPSA) is 55.4 Å². The van der Waals surface area contributed by atoms with E-state index >= 15 is 0 Å². The minimum atomic E-state index is -0.355. The first kappa shape index (κ1) is 12.2. The summed E-state index contributed by atoms with van der Waals surface area (Å²) in [6.45, 7) is 2.93. The highest BCUT2D eigenvalue weighted by Gasteiger charge is 2.13. The Morgan fingerprint density at radius 1 is 1.25 bits per heavy atom. The van der Waals surface area contributed by atoms with Crippen molar-refractivity contribution in [1.29, 1.82) is 0 Å². The third-order valence-corrected chi connectivity index (χ3v) is 2.03. The molecule has 0 radical (unpaired) electrons. The average molecular weight is 221 g/mol. The van der Waals surface area contributed by atoms with Gasteiger partial charge in [0.25, 0.3) is 0 Å². The molecule has 0 aliphatic heterocycles. The highest BCUT2D eigenvalue weighted by Crippen LogP contribution is 2.12. The Kier molecular flexibility index (Phi) is 4.51. The Morgan fingerprint density at radius 2 is 1.88 bits per heavy atom. The van der Waals surface area contributed by atoms with Gasteiger partial charge < -0.3 is 10.1 Å². The van der Waals surface area contributed by atoms with Crippen LogP contribution in [0.25, 0.3) is 0 Å². The van der Waals surface area contributed by atoms with Crippen LogP contribution in [0.5, 0.6) is 0 Å². The molecule has 0 bridgehead atoms. The number of rotatable bonds is 4. The van der Waals surface area contributed by atoms with Crippen molar-refractivity contribution < 1.29 is 14.3 Å². The number of hydrogen-bond donors (Lipinski definition) is 1. The van der Waals surface area contributed by atoms with Gasteiger partial charge >= 0.3 is 5.97 Å². The molecule has 1 aromatic carbocycles. The van der Waals surface area contributed by atoms with Crippen LogP contribution in [0, 0.1) is 0 Å². The molecular formula is C12H15NO3. The lowest BCUT2D eigenvalue weighted by molar-refractivity contribution is -0.142. The summed E-state index contributed by atoms with van der Waals surface area (Å²) in [5.41, 5.74) is 0.916. The maximum absolute atomic E-state index is 11.0. The third kappa shape index (κ3) is 4.13. The second-order valence-corrected chi connectivity index (χ2v) is 3.47. The third-order valence-electron chi connectivity index (χ3n) is 2.03. The van der Waals surface area contributed by atoms with E-state index in [2.05, 4.69) is 5.32 Å². The van der Waals surface area contributed by atoms with Gasteiger partial charge in [-0.3, -0.25) is 9.59 Å². The molecule has 4 heteroatoms. The van der Waals surface area contributed by atoms with Crippen LogP contribution in [0.4, 0.5) is 0 Å². The zero-order chi connectivity index (χ0) is 12.0. The van der Waals surface area contributed by atoms with Gasteiger partial charge in [0, 0.05) is 13.8 Å². The van der Waals surface area contributed by atoms with E-state index in [1.54, 1.807) is 0 Å². The Morgan fingerprint density at radius 3 is 2.38 bits per heavy atom. The highest BCUT2D eigenvalue weighted by atomic mass is 16.5. The standard InChI is InChI=1S/C12H15NO3/c1-9(14)13-12(8-16-10(2)15)11-6-4-3-5-7-11/h3-7,12H,8H2,1-2H3,(H,13,14)/t12-/m1/s1. The first-order valence-electron chi connectivity index (χ1n) is 5.05. The largest absolute Gasteiger partial charge is 0.463 e. The number of amides is 1. The first-order chi connectivity index (χ1) is 7.59. The fraction of sp³-hybridized carbons (Fsp3) is 0.333. The van der Waals surface area contributed by atoms with Gasteiger partial charge in [0.15, 0.2) is 0 Å². The molecule has 1 N–H and O–H groups in total. The second kappa shape index (κ2) is 5.90. The molecule has 0 aromatic heterocycles. The normalized spacial score (nSPS) is 11.6. The number of benzene rings is 1. The summed E-state index contributed by atoms with van der Waals surface area (Å²) in [5.74, 6) is -0.507. The van der Waals surface area contributed by atoms with Crippen molar-refractivity contribution in [2.45, 2.75) is 19.9 Å². The summed E-state index contributed by atoms with van der Waals surface area (Å²) in [7, 11) is 0. The smallest absolute Gasteiger partial charge is 0.302 e. The predicted molar refractivity (Wildman–Crippen MR) is 59.6 cm³/mol. The molecule has 0 saturated carbocycles. The number of carbonyl (C=O) groups is 2. The van der Waals surface area contributed by atoms with E-state index in [-0.39, 0.29) is 24.5 Å². The van der Waals surface area contributed by atoms with Gasteiger partial charge in [-0.2, -0.15) is 0 Å². The van der Waals surface area contributed by atoms with Crippen LogP contribution in [-0.2, 0) is 14.3 Å². The monoisotopic (exact) mass is 221 g/mol. The van der Waals surface area contributed by atoms with Gasteiger partial charge in [-0.05, 0) is 5.56 Å². The SMILES string of the molecule is CC(=O)N[C@H](COC(C)=O)c1ccccc1. The van der Waals surface area contributed by atoms with Gasteiger partial charge in [-0.15, -0.1) is 0 Å². The second-order valence-electron chi connectivity index (χ2n) is 3.47. The Labute approximate surface area is 94.6 Å². The Balaban J connectivity index is 2.71. The van der Waals surface area contributed by atoms with Crippen molar-refractivity contribution in [2.24, 2.45) is 0 Å². The molecule has 16 heavy (non-hydrogen) atoms. The van der Waals surface area contributed by atoms with E-state index in [4.69, 9.17) is 4.74 Å². The summed E-state index contributed by atoms with van der Waals surface area (Å²) in [6.07, 6.45) is 0. The van der Waals surface area contributed by atoms with Gasteiger partial charge in [0.2, 0.25) is 5.91 Å². The van der Waals surface area contributed by atoms with E-state index in [0.717, 1.165) is 5.56 Å². The fourth-order valence-corrected chi connectivity index (χ4v) is 1.35. The summed E-state index contributed by atoms with van der Waals surface area (Å²) < 4.78 is 4.91. The van der Waals surface area contributed by atoms with Gasteiger partial charge in [-0.25, -0.2) is 0 Å². The van der Waals surface area contributed by atoms with Crippen LogP contribution in [-0.4, -0.2) is 18.5 Å². The Bertz CT molecular complexity index is 362. The Hall–Kier alpha value is -1.84. The molecule has 1 atom stereocenters. The fourth-order valence-electron chi connectivity index (χ4n) is 1.35. The molecule has 0 fully saturated rings. The maximum atomic E-state index is 11.0. The van der Waals surface area contributed by atoms with Crippen LogP contribution in [0.1, 0.15) is 25.5 Å². The van der Waals surface area contributed by atoms with Crippen molar-refractivity contribution in [1.82, 2.24) is 5.32 Å². The van der Waals surface area contributed by atoms with Crippen molar-refractivity contribution in [2.75, 3.05) is 6.61 Å². The van der Waals surface area contributed by atoms with E-state index < -0.39 is 0 Å². The van der Waals surface area contributed by atoms with Crippen molar-refractivity contribution in [3.8, 4) is 0 Å².